The van der Waals surface area contributed by atoms with Crippen LogP contribution in [0.5, 0.6) is 0 Å². The second-order valence-electron chi connectivity index (χ2n) is 3.93. The topological polar surface area (TPSA) is 94.0 Å². The van der Waals surface area contributed by atoms with Gasteiger partial charge in [0.2, 0.25) is 11.8 Å². The molecular weight excluding hydrogens is 232 g/mol. The molecule has 2 rings (SSSR count). The number of benzene rings is 1. The van der Waals surface area contributed by atoms with Crippen molar-refractivity contribution in [3.8, 4) is 0 Å². The summed E-state index contributed by atoms with van der Waals surface area (Å²) in [6.07, 6.45) is 0. The van der Waals surface area contributed by atoms with Gasteiger partial charge in [-0.3, -0.25) is 4.79 Å². The van der Waals surface area contributed by atoms with Gasteiger partial charge in [-0.25, -0.2) is 0 Å². The number of amides is 1. The van der Waals surface area contributed by atoms with E-state index in [9.17, 15) is 4.79 Å². The summed E-state index contributed by atoms with van der Waals surface area (Å²) in [6, 6.07) is 5.33. The van der Waals surface area contributed by atoms with E-state index < -0.39 is 5.91 Å². The number of rotatable bonds is 4. The Morgan fingerprint density at radius 3 is 2.83 bits per heavy atom. The van der Waals surface area contributed by atoms with E-state index in [0.717, 1.165) is 11.3 Å². The Hall–Kier alpha value is -2.37. The van der Waals surface area contributed by atoms with Crippen LogP contribution >= 0.6 is 0 Å². The fourth-order valence-corrected chi connectivity index (χ4v) is 1.68. The number of hydrogen-bond acceptors (Lipinski definition) is 5. The summed E-state index contributed by atoms with van der Waals surface area (Å²) in [4.78, 5) is 15.3. The Morgan fingerprint density at radius 2 is 2.22 bits per heavy atom. The molecule has 0 aliphatic rings. The quantitative estimate of drug-likeness (QED) is 0.850. The normalized spacial score (nSPS) is 10.3. The third-order valence-electron chi connectivity index (χ3n) is 2.60. The van der Waals surface area contributed by atoms with Gasteiger partial charge in [0.25, 0.3) is 0 Å². The number of aromatic nitrogens is 2. The van der Waals surface area contributed by atoms with Crippen LogP contribution in [-0.4, -0.2) is 16.0 Å². The van der Waals surface area contributed by atoms with Crippen molar-refractivity contribution in [1.82, 2.24) is 10.1 Å². The van der Waals surface area contributed by atoms with Crippen molar-refractivity contribution in [3.63, 3.8) is 0 Å². The van der Waals surface area contributed by atoms with E-state index in [1.807, 2.05) is 13.0 Å². The maximum absolute atomic E-state index is 11.2. The Balaban J connectivity index is 2.14. The van der Waals surface area contributed by atoms with Crippen molar-refractivity contribution in [2.45, 2.75) is 20.4 Å². The first-order valence-corrected chi connectivity index (χ1v) is 5.50. The molecule has 6 nitrogen and oxygen atoms in total. The summed E-state index contributed by atoms with van der Waals surface area (Å²) in [5, 5.41) is 6.83. The molecule has 0 aliphatic heterocycles. The van der Waals surface area contributed by atoms with E-state index >= 15 is 0 Å². The second kappa shape index (κ2) is 4.87. The molecular formula is C12H14N4O2. The Kier molecular flexibility index (Phi) is 3.27. The van der Waals surface area contributed by atoms with Crippen LogP contribution in [0, 0.1) is 13.8 Å². The third-order valence-corrected chi connectivity index (χ3v) is 2.60. The van der Waals surface area contributed by atoms with Crippen LogP contribution in [0.2, 0.25) is 0 Å². The highest BCUT2D eigenvalue weighted by molar-refractivity contribution is 5.95. The zero-order valence-corrected chi connectivity index (χ0v) is 10.2. The zero-order chi connectivity index (χ0) is 13.1. The number of primary amides is 1. The minimum absolute atomic E-state index is 0.407. The average molecular weight is 246 g/mol. The molecule has 3 N–H and O–H groups in total. The van der Waals surface area contributed by atoms with E-state index in [0.29, 0.717) is 23.8 Å². The molecule has 0 radical (unpaired) electrons. The molecule has 0 atom stereocenters. The lowest BCUT2D eigenvalue weighted by molar-refractivity contribution is 0.1000. The molecule has 18 heavy (non-hydrogen) atoms. The van der Waals surface area contributed by atoms with Crippen molar-refractivity contribution in [2.24, 2.45) is 5.73 Å². The van der Waals surface area contributed by atoms with E-state index in [1.54, 1.807) is 19.1 Å². The molecule has 0 saturated carbocycles. The number of nitrogens with zero attached hydrogens (tertiary/aromatic N) is 2. The summed E-state index contributed by atoms with van der Waals surface area (Å²) < 4.78 is 4.99. The molecule has 0 saturated heterocycles. The van der Waals surface area contributed by atoms with Crippen LogP contribution in [0.25, 0.3) is 0 Å². The summed E-state index contributed by atoms with van der Waals surface area (Å²) in [7, 11) is 0. The summed E-state index contributed by atoms with van der Waals surface area (Å²) in [5.41, 5.74) is 7.42. The number of nitrogens with two attached hydrogens (primary N) is 1. The van der Waals surface area contributed by atoms with Crippen molar-refractivity contribution in [2.75, 3.05) is 5.32 Å². The van der Waals surface area contributed by atoms with Gasteiger partial charge in [0.15, 0.2) is 5.82 Å². The molecule has 2 aromatic rings. The second-order valence-corrected chi connectivity index (χ2v) is 3.93. The lowest BCUT2D eigenvalue weighted by Crippen LogP contribution is -2.14. The molecule has 0 unspecified atom stereocenters. The highest BCUT2D eigenvalue weighted by Gasteiger charge is 2.09. The summed E-state index contributed by atoms with van der Waals surface area (Å²) in [6.45, 7) is 4.00. The van der Waals surface area contributed by atoms with Crippen molar-refractivity contribution in [3.05, 3.63) is 41.0 Å². The van der Waals surface area contributed by atoms with Gasteiger partial charge in [0.05, 0.1) is 6.54 Å². The van der Waals surface area contributed by atoms with Gasteiger partial charge in [-0.05, 0) is 31.5 Å². The SMILES string of the molecule is Cc1noc(CNc2cccc(C(N)=O)c2C)n1. The predicted octanol–water partition coefficient (Wildman–Crippen LogP) is 1.40. The number of hydrogen-bond donors (Lipinski definition) is 2. The maximum atomic E-state index is 11.2. The molecule has 0 bridgehead atoms. The van der Waals surface area contributed by atoms with Crippen LogP contribution in [-0.2, 0) is 6.54 Å². The molecule has 1 amide bonds. The molecule has 1 heterocycles. The minimum atomic E-state index is -0.440. The van der Waals surface area contributed by atoms with Gasteiger partial charge in [-0.2, -0.15) is 4.98 Å². The van der Waals surface area contributed by atoms with Crippen molar-refractivity contribution >= 4 is 11.6 Å². The van der Waals surface area contributed by atoms with Gasteiger partial charge in [0.1, 0.15) is 0 Å². The molecule has 6 heteroatoms. The largest absolute Gasteiger partial charge is 0.376 e. The molecule has 1 aromatic heterocycles. The molecule has 94 valence electrons. The molecule has 0 fully saturated rings. The number of anilines is 1. The van der Waals surface area contributed by atoms with Gasteiger partial charge in [-0.1, -0.05) is 11.2 Å². The summed E-state index contributed by atoms with van der Waals surface area (Å²) in [5.74, 6) is 0.649. The Bertz CT molecular complexity index is 577. The van der Waals surface area contributed by atoms with E-state index in [-0.39, 0.29) is 0 Å². The van der Waals surface area contributed by atoms with Gasteiger partial charge < -0.3 is 15.6 Å². The molecule has 0 spiro atoms. The fraction of sp³-hybridized carbons (Fsp3) is 0.250. The highest BCUT2D eigenvalue weighted by atomic mass is 16.5. The molecule has 0 aliphatic carbocycles. The van der Waals surface area contributed by atoms with E-state index in [1.165, 1.54) is 0 Å². The summed E-state index contributed by atoms with van der Waals surface area (Å²) >= 11 is 0. The lowest BCUT2D eigenvalue weighted by atomic mass is 10.1. The van der Waals surface area contributed by atoms with E-state index in [2.05, 4.69) is 15.5 Å². The van der Waals surface area contributed by atoms with Crippen molar-refractivity contribution in [1.29, 1.82) is 0 Å². The number of carbonyl (C=O) groups is 1. The van der Waals surface area contributed by atoms with Crippen LogP contribution < -0.4 is 11.1 Å². The molecule has 1 aromatic carbocycles. The number of aryl methyl sites for hydroxylation is 1. The number of nitrogens with one attached hydrogen (secondary N) is 1. The average Bonchev–Trinajstić information content (AvgIpc) is 2.73. The van der Waals surface area contributed by atoms with Crippen LogP contribution in [0.4, 0.5) is 5.69 Å². The maximum Gasteiger partial charge on any atom is 0.249 e. The van der Waals surface area contributed by atoms with Gasteiger partial charge in [-0.15, -0.1) is 0 Å². The number of carbonyl (C=O) groups excluding carboxylic acids is 1. The highest BCUT2D eigenvalue weighted by Crippen LogP contribution is 2.19. The van der Waals surface area contributed by atoms with Gasteiger partial charge in [0, 0.05) is 11.3 Å². The predicted molar refractivity (Wildman–Crippen MR) is 66.1 cm³/mol. The lowest BCUT2D eigenvalue weighted by Gasteiger charge is -2.09. The fourth-order valence-electron chi connectivity index (χ4n) is 1.68. The Labute approximate surface area is 104 Å². The Morgan fingerprint density at radius 1 is 1.44 bits per heavy atom. The van der Waals surface area contributed by atoms with Crippen LogP contribution in [0.1, 0.15) is 27.6 Å². The van der Waals surface area contributed by atoms with E-state index in [4.69, 9.17) is 10.3 Å². The first-order chi connectivity index (χ1) is 8.58. The van der Waals surface area contributed by atoms with Crippen LogP contribution in [0.3, 0.4) is 0 Å². The smallest absolute Gasteiger partial charge is 0.249 e. The zero-order valence-electron chi connectivity index (χ0n) is 10.2. The van der Waals surface area contributed by atoms with Crippen LogP contribution in [0.15, 0.2) is 22.7 Å². The first-order valence-electron chi connectivity index (χ1n) is 5.50. The van der Waals surface area contributed by atoms with Crippen molar-refractivity contribution < 1.29 is 9.32 Å². The minimum Gasteiger partial charge on any atom is -0.376 e. The first kappa shape index (κ1) is 12.1. The standard InChI is InChI=1S/C12H14N4O2/c1-7-9(12(13)17)4-3-5-10(7)14-6-11-15-8(2)16-18-11/h3-5,14H,6H2,1-2H3,(H2,13,17). The monoisotopic (exact) mass is 246 g/mol. The van der Waals surface area contributed by atoms with Gasteiger partial charge >= 0.3 is 0 Å². The third kappa shape index (κ3) is 2.48.